The number of allylic oxidation sites excluding steroid dienone is 3. The molecule has 0 saturated carbocycles. The molecule has 1 nitrogen and oxygen atoms in total. The lowest BCUT2D eigenvalue weighted by Crippen LogP contribution is -2.09. The Hall–Kier alpha value is -2.37. The van der Waals surface area contributed by atoms with Gasteiger partial charge >= 0.3 is 0 Å². The molecule has 0 amide bonds. The standard InChI is InChI=1S/C20H20N.C2H6/c1-14-5-7-16(8-6-14)17-11-15(2)20-10-9-19(21(3)4)13-18(20)12-17;1-2/h5-11,13H,1-4H3;1-2H3/q+1;. The molecule has 0 bridgehead atoms. The number of aryl methyl sites for hydroxylation is 1. The van der Waals surface area contributed by atoms with Gasteiger partial charge in [0.05, 0.1) is 16.8 Å². The minimum Gasteiger partial charge on any atom is -0.371 e. The highest BCUT2D eigenvalue weighted by molar-refractivity contribution is 5.88. The minimum atomic E-state index is 1.16. The maximum absolute atomic E-state index is 3.57. The van der Waals surface area contributed by atoms with Crippen LogP contribution in [0.4, 0.5) is 5.69 Å². The van der Waals surface area contributed by atoms with Crippen LogP contribution in [0.5, 0.6) is 0 Å². The molecule has 2 aromatic rings. The molecule has 0 N–H and O–H groups in total. The largest absolute Gasteiger partial charge is 0.371 e. The summed E-state index contributed by atoms with van der Waals surface area (Å²) in [5.41, 5.74) is 8.62. The average molecular weight is 304 g/mol. The van der Waals surface area contributed by atoms with E-state index >= 15 is 0 Å². The Morgan fingerprint density at radius 2 is 1.52 bits per heavy atom. The first-order valence-electron chi connectivity index (χ1n) is 8.25. The van der Waals surface area contributed by atoms with Gasteiger partial charge in [0.2, 0.25) is 0 Å². The Morgan fingerprint density at radius 3 is 2.13 bits per heavy atom. The second-order valence-corrected chi connectivity index (χ2v) is 5.86. The number of nitrogens with zero attached hydrogens (tertiary/aromatic N) is 1. The fourth-order valence-corrected chi connectivity index (χ4v) is 2.62. The first-order valence-corrected chi connectivity index (χ1v) is 8.25. The van der Waals surface area contributed by atoms with Crippen molar-refractivity contribution < 1.29 is 0 Å². The van der Waals surface area contributed by atoms with Crippen LogP contribution >= 0.6 is 0 Å². The van der Waals surface area contributed by atoms with Gasteiger partial charge in [-0.15, -0.1) is 0 Å². The molecule has 0 heterocycles. The van der Waals surface area contributed by atoms with Gasteiger partial charge in [-0.25, -0.2) is 0 Å². The molecule has 0 radical (unpaired) electrons. The van der Waals surface area contributed by atoms with E-state index < -0.39 is 0 Å². The van der Waals surface area contributed by atoms with Crippen molar-refractivity contribution in [3.63, 3.8) is 0 Å². The van der Waals surface area contributed by atoms with Crippen molar-refractivity contribution in [2.24, 2.45) is 0 Å². The summed E-state index contributed by atoms with van der Waals surface area (Å²) in [5, 5.41) is 0. The molecule has 2 aromatic carbocycles. The Labute approximate surface area is 141 Å². The number of rotatable bonds is 2. The SMILES string of the molecule is CC.CC1=CC(c2ccc(C)cc2)=[C+]c2cc(N(C)C)ccc21. The van der Waals surface area contributed by atoms with Gasteiger partial charge in [-0.1, -0.05) is 26.0 Å². The van der Waals surface area contributed by atoms with Crippen molar-refractivity contribution in [3.8, 4) is 0 Å². The summed E-state index contributed by atoms with van der Waals surface area (Å²) in [4.78, 5) is 2.13. The van der Waals surface area contributed by atoms with E-state index in [0.29, 0.717) is 0 Å². The predicted molar refractivity (Wildman–Crippen MR) is 103 cm³/mol. The lowest BCUT2D eigenvalue weighted by atomic mass is 9.89. The summed E-state index contributed by atoms with van der Waals surface area (Å²) >= 11 is 0. The summed E-state index contributed by atoms with van der Waals surface area (Å²) in [6, 6.07) is 15.2. The third kappa shape index (κ3) is 3.70. The maximum Gasteiger partial charge on any atom is 0.132 e. The van der Waals surface area contributed by atoms with Crippen LogP contribution in [-0.4, -0.2) is 14.1 Å². The van der Waals surface area contributed by atoms with E-state index in [1.54, 1.807) is 0 Å². The molecule has 0 aliphatic heterocycles. The molecule has 1 aliphatic carbocycles. The fraction of sp³-hybridized carbons (Fsp3) is 0.273. The number of hydrogen-bond donors (Lipinski definition) is 0. The van der Waals surface area contributed by atoms with Gasteiger partial charge in [0.1, 0.15) is 11.1 Å². The molecule has 0 fully saturated rings. The van der Waals surface area contributed by atoms with E-state index in [2.05, 4.69) is 87.5 Å². The van der Waals surface area contributed by atoms with Gasteiger partial charge in [0, 0.05) is 37.9 Å². The molecule has 0 aromatic heterocycles. The van der Waals surface area contributed by atoms with Crippen molar-refractivity contribution in [3.05, 3.63) is 76.9 Å². The van der Waals surface area contributed by atoms with E-state index in [1.165, 1.54) is 33.5 Å². The van der Waals surface area contributed by atoms with Gasteiger partial charge < -0.3 is 4.90 Å². The highest BCUT2D eigenvalue weighted by Crippen LogP contribution is 2.32. The Bertz CT molecular complexity index is 731. The van der Waals surface area contributed by atoms with E-state index in [0.717, 1.165) is 5.57 Å². The summed E-state index contributed by atoms with van der Waals surface area (Å²) in [7, 11) is 4.13. The van der Waals surface area contributed by atoms with E-state index in [-0.39, 0.29) is 0 Å². The van der Waals surface area contributed by atoms with Crippen molar-refractivity contribution in [2.75, 3.05) is 19.0 Å². The van der Waals surface area contributed by atoms with E-state index in [1.807, 2.05) is 13.8 Å². The van der Waals surface area contributed by atoms with Gasteiger partial charge in [-0.2, -0.15) is 0 Å². The first kappa shape index (κ1) is 17.0. The third-order valence-corrected chi connectivity index (χ3v) is 3.94. The van der Waals surface area contributed by atoms with Gasteiger partial charge in [0.25, 0.3) is 0 Å². The van der Waals surface area contributed by atoms with E-state index in [9.17, 15) is 0 Å². The molecule has 0 atom stereocenters. The number of fused-ring (bicyclic) bond motifs is 1. The summed E-state index contributed by atoms with van der Waals surface area (Å²) in [5.74, 6) is 0. The van der Waals surface area contributed by atoms with Crippen molar-refractivity contribution >= 4 is 16.8 Å². The predicted octanol–water partition coefficient (Wildman–Crippen LogP) is 5.74. The number of hydrogen-bond acceptors (Lipinski definition) is 1. The molecule has 0 unspecified atom stereocenters. The normalized spacial score (nSPS) is 12.1. The fourth-order valence-electron chi connectivity index (χ4n) is 2.62. The molecule has 23 heavy (non-hydrogen) atoms. The van der Waals surface area contributed by atoms with Crippen LogP contribution in [0.15, 0.2) is 48.5 Å². The quantitative estimate of drug-likeness (QED) is 0.640. The zero-order valence-electron chi connectivity index (χ0n) is 15.1. The Balaban J connectivity index is 0.000000924. The van der Waals surface area contributed by atoms with Crippen LogP contribution < -0.4 is 4.90 Å². The monoisotopic (exact) mass is 304 g/mol. The van der Waals surface area contributed by atoms with Crippen LogP contribution in [0.1, 0.15) is 43.0 Å². The van der Waals surface area contributed by atoms with E-state index in [4.69, 9.17) is 0 Å². The van der Waals surface area contributed by atoms with Crippen LogP contribution in [0.25, 0.3) is 11.1 Å². The van der Waals surface area contributed by atoms with Gasteiger partial charge in [-0.05, 0) is 43.7 Å². The van der Waals surface area contributed by atoms with Crippen molar-refractivity contribution in [1.82, 2.24) is 0 Å². The summed E-state index contributed by atoms with van der Waals surface area (Å²) in [6.07, 6.45) is 5.80. The highest BCUT2D eigenvalue weighted by Gasteiger charge is 2.20. The van der Waals surface area contributed by atoms with Crippen LogP contribution in [-0.2, 0) is 0 Å². The van der Waals surface area contributed by atoms with Crippen LogP contribution in [0.2, 0.25) is 0 Å². The first-order chi connectivity index (χ1) is 11.0. The summed E-state index contributed by atoms with van der Waals surface area (Å²) in [6.45, 7) is 8.28. The molecule has 3 rings (SSSR count). The average Bonchev–Trinajstić information content (AvgIpc) is 2.56. The molecular formula is C22H26N+. The lowest BCUT2D eigenvalue weighted by molar-refractivity contribution is 1.13. The second-order valence-electron chi connectivity index (χ2n) is 5.86. The Kier molecular flexibility index (Phi) is 5.36. The van der Waals surface area contributed by atoms with Crippen molar-refractivity contribution in [1.29, 1.82) is 0 Å². The highest BCUT2D eigenvalue weighted by atomic mass is 15.1. The van der Waals surface area contributed by atoms with Crippen molar-refractivity contribution in [2.45, 2.75) is 27.7 Å². The molecule has 1 heteroatoms. The van der Waals surface area contributed by atoms with Gasteiger partial charge in [-0.3, -0.25) is 0 Å². The molecule has 0 spiro atoms. The smallest absolute Gasteiger partial charge is 0.132 e. The lowest BCUT2D eigenvalue weighted by Gasteiger charge is -2.14. The minimum absolute atomic E-state index is 1.16. The number of anilines is 1. The van der Waals surface area contributed by atoms with Crippen LogP contribution in [0, 0.1) is 13.0 Å². The van der Waals surface area contributed by atoms with Crippen LogP contribution in [0.3, 0.4) is 0 Å². The zero-order chi connectivity index (χ0) is 17.0. The molecular weight excluding hydrogens is 278 g/mol. The molecule has 0 saturated heterocycles. The molecule has 1 aliphatic rings. The number of benzene rings is 2. The zero-order valence-corrected chi connectivity index (χ0v) is 15.1. The second kappa shape index (κ2) is 7.26. The summed E-state index contributed by atoms with van der Waals surface area (Å²) < 4.78 is 0. The molecule has 118 valence electrons. The Morgan fingerprint density at radius 1 is 0.870 bits per heavy atom. The maximum atomic E-state index is 3.57. The third-order valence-electron chi connectivity index (χ3n) is 3.94. The topological polar surface area (TPSA) is 3.24 Å². The van der Waals surface area contributed by atoms with Gasteiger partial charge in [0.15, 0.2) is 0 Å².